The first-order valence-electron chi connectivity index (χ1n) is 11.6. The molecule has 1 amide bonds. The van der Waals surface area contributed by atoms with E-state index in [1.807, 2.05) is 0 Å². The summed E-state index contributed by atoms with van der Waals surface area (Å²) in [6.45, 7) is 7.80. The highest BCUT2D eigenvalue weighted by atomic mass is 32.1. The quantitative estimate of drug-likeness (QED) is 0.567. The molecule has 1 saturated carbocycles. The highest BCUT2D eigenvalue weighted by Crippen LogP contribution is 2.39. The number of hydrogen-bond donors (Lipinski definition) is 2. The van der Waals surface area contributed by atoms with E-state index < -0.39 is 0 Å². The second kappa shape index (κ2) is 11.9. The topological polar surface area (TPSA) is 108 Å². The number of nitrogens with one attached hydrogen (secondary N) is 1. The number of benzene rings is 1. The molecule has 0 saturated heterocycles. The summed E-state index contributed by atoms with van der Waals surface area (Å²) in [7, 11) is 1.57. The van der Waals surface area contributed by atoms with Gasteiger partial charge in [-0.3, -0.25) is 14.2 Å². The zero-order chi connectivity index (χ0) is 23.4. The number of fused-ring (bicyclic) bond motifs is 1. The van der Waals surface area contributed by atoms with E-state index >= 15 is 0 Å². The third-order valence-electron chi connectivity index (χ3n) is 6.70. The highest BCUT2D eigenvalue weighted by Gasteiger charge is 2.37. The Balaban J connectivity index is 0.00000385. The Morgan fingerprint density at radius 3 is 2.61 bits per heavy atom. The lowest BCUT2D eigenvalue weighted by molar-refractivity contribution is 0.0633. The van der Waals surface area contributed by atoms with Crippen molar-refractivity contribution in [1.29, 1.82) is 0 Å². The van der Waals surface area contributed by atoms with Crippen LogP contribution < -0.4 is 16.7 Å². The lowest BCUT2D eigenvalue weighted by Crippen LogP contribution is -2.40. The van der Waals surface area contributed by atoms with Crippen molar-refractivity contribution in [3.05, 3.63) is 34.2 Å². The number of carbonyl (C=O) groups is 2. The van der Waals surface area contributed by atoms with Crippen LogP contribution in [0.3, 0.4) is 0 Å². The minimum absolute atomic E-state index is 0. The minimum atomic E-state index is -0.381. The van der Waals surface area contributed by atoms with Gasteiger partial charge in [-0.25, -0.2) is 9.36 Å². The standard InChI is InChI=1S/C24H36N4O4.H2S/c1-15(2)18-7-5-16(3)13-19(18)23(30)28-20-8-6-17(22(29)26-10-12-32-4)14-21(20)27(11-9-25)24(28)31;/h6,8,14-16,18-19H,5,7,9-13,25H2,1-4H3,(H,26,29);1H2/t16-,18+,19-;/m1./s1. The second-order valence-electron chi connectivity index (χ2n) is 9.28. The zero-order valence-corrected chi connectivity index (χ0v) is 21.1. The van der Waals surface area contributed by atoms with Crippen molar-refractivity contribution in [2.45, 2.75) is 46.6 Å². The normalized spacial score (nSPS) is 20.6. The molecule has 1 aromatic heterocycles. The van der Waals surface area contributed by atoms with E-state index in [0.29, 0.717) is 41.6 Å². The second-order valence-corrected chi connectivity index (χ2v) is 9.28. The lowest BCUT2D eigenvalue weighted by atomic mass is 9.69. The maximum atomic E-state index is 13.7. The Bertz CT molecular complexity index is 1030. The Labute approximate surface area is 202 Å². The number of carbonyl (C=O) groups excluding carboxylic acids is 2. The van der Waals surface area contributed by atoms with Gasteiger partial charge in [-0.1, -0.05) is 27.2 Å². The van der Waals surface area contributed by atoms with Crippen molar-refractivity contribution in [2.24, 2.45) is 29.4 Å². The molecule has 3 rings (SSSR count). The first-order valence-corrected chi connectivity index (χ1v) is 11.6. The largest absolute Gasteiger partial charge is 0.383 e. The molecule has 9 heteroatoms. The number of aromatic nitrogens is 2. The number of nitrogens with zero attached hydrogens (tertiary/aromatic N) is 2. The molecule has 0 unspecified atom stereocenters. The van der Waals surface area contributed by atoms with E-state index in [4.69, 9.17) is 10.5 Å². The molecule has 3 atom stereocenters. The van der Waals surface area contributed by atoms with E-state index in [2.05, 4.69) is 26.1 Å². The Kier molecular flexibility index (Phi) is 9.75. The van der Waals surface area contributed by atoms with Crippen molar-refractivity contribution in [1.82, 2.24) is 14.5 Å². The van der Waals surface area contributed by atoms with Gasteiger partial charge in [0.1, 0.15) is 0 Å². The predicted molar refractivity (Wildman–Crippen MR) is 135 cm³/mol. The van der Waals surface area contributed by atoms with Crippen LogP contribution in [0.1, 0.15) is 55.2 Å². The van der Waals surface area contributed by atoms with Crippen LogP contribution in [0.15, 0.2) is 23.0 Å². The molecular weight excluding hydrogens is 440 g/mol. The highest BCUT2D eigenvalue weighted by molar-refractivity contribution is 7.59. The lowest BCUT2D eigenvalue weighted by Gasteiger charge is -2.36. The van der Waals surface area contributed by atoms with Gasteiger partial charge < -0.3 is 15.8 Å². The van der Waals surface area contributed by atoms with Crippen LogP contribution in [0.5, 0.6) is 0 Å². The fraction of sp³-hybridized carbons (Fsp3) is 0.625. The van der Waals surface area contributed by atoms with Gasteiger partial charge in [-0.15, -0.1) is 0 Å². The Hall–Kier alpha value is -2.10. The van der Waals surface area contributed by atoms with E-state index in [0.717, 1.165) is 19.3 Å². The van der Waals surface area contributed by atoms with Crippen LogP contribution in [-0.2, 0) is 11.3 Å². The van der Waals surface area contributed by atoms with Crippen molar-refractivity contribution in [3.8, 4) is 0 Å². The number of imidazole rings is 1. The molecule has 1 aromatic carbocycles. The molecule has 0 radical (unpaired) electrons. The molecule has 1 heterocycles. The van der Waals surface area contributed by atoms with Gasteiger partial charge in [-0.05, 0) is 48.8 Å². The summed E-state index contributed by atoms with van der Waals surface area (Å²) in [6, 6.07) is 5.02. The zero-order valence-electron chi connectivity index (χ0n) is 20.1. The van der Waals surface area contributed by atoms with Crippen LogP contribution >= 0.6 is 13.5 Å². The summed E-state index contributed by atoms with van der Waals surface area (Å²) in [5, 5.41) is 2.79. The maximum absolute atomic E-state index is 13.7. The molecule has 0 bridgehead atoms. The summed E-state index contributed by atoms with van der Waals surface area (Å²) in [4.78, 5) is 39.6. The fourth-order valence-electron chi connectivity index (χ4n) is 4.98. The van der Waals surface area contributed by atoms with Gasteiger partial charge in [-0.2, -0.15) is 13.5 Å². The number of nitrogens with two attached hydrogens (primary N) is 1. The SMILES string of the molecule is COCCNC(=O)c1ccc2c(c1)n(CCN)c(=O)n2C(=O)[C@@H]1C[C@H](C)CC[C@H]1C(C)C.S. The van der Waals surface area contributed by atoms with Gasteiger partial charge in [0.25, 0.3) is 5.91 Å². The van der Waals surface area contributed by atoms with Gasteiger partial charge in [0.15, 0.2) is 0 Å². The molecular formula is C24H38N4O4S. The average Bonchev–Trinajstić information content (AvgIpc) is 3.04. The fourth-order valence-corrected chi connectivity index (χ4v) is 4.98. The first-order chi connectivity index (χ1) is 15.3. The molecule has 0 spiro atoms. The van der Waals surface area contributed by atoms with Gasteiger partial charge in [0.2, 0.25) is 5.91 Å². The van der Waals surface area contributed by atoms with Gasteiger partial charge in [0.05, 0.1) is 17.6 Å². The monoisotopic (exact) mass is 478 g/mol. The third-order valence-corrected chi connectivity index (χ3v) is 6.70. The van der Waals surface area contributed by atoms with Crippen LogP contribution in [0.25, 0.3) is 11.0 Å². The number of amides is 1. The van der Waals surface area contributed by atoms with E-state index in [1.165, 1.54) is 9.13 Å². The first kappa shape index (κ1) is 27.1. The minimum Gasteiger partial charge on any atom is -0.383 e. The van der Waals surface area contributed by atoms with E-state index in [1.54, 1.807) is 25.3 Å². The number of hydrogen-bond acceptors (Lipinski definition) is 5. The molecule has 3 N–H and O–H groups in total. The van der Waals surface area contributed by atoms with Crippen LogP contribution in [0.2, 0.25) is 0 Å². The summed E-state index contributed by atoms with van der Waals surface area (Å²) < 4.78 is 7.80. The molecule has 184 valence electrons. The van der Waals surface area contributed by atoms with Crippen molar-refractivity contribution >= 4 is 36.3 Å². The number of rotatable bonds is 8. The van der Waals surface area contributed by atoms with Crippen molar-refractivity contribution in [2.75, 3.05) is 26.8 Å². The summed E-state index contributed by atoms with van der Waals surface area (Å²) in [5.74, 6) is 0.491. The summed E-state index contributed by atoms with van der Waals surface area (Å²) in [6.07, 6.45) is 2.90. The van der Waals surface area contributed by atoms with Crippen molar-refractivity contribution < 1.29 is 14.3 Å². The molecule has 1 aliphatic carbocycles. The molecule has 1 fully saturated rings. The number of methoxy groups -OCH3 is 1. The maximum Gasteiger partial charge on any atom is 0.336 e. The molecule has 8 nitrogen and oxygen atoms in total. The summed E-state index contributed by atoms with van der Waals surface area (Å²) in [5.41, 5.74) is 6.89. The Morgan fingerprint density at radius 2 is 1.97 bits per heavy atom. The molecule has 33 heavy (non-hydrogen) atoms. The smallest absolute Gasteiger partial charge is 0.336 e. The van der Waals surface area contributed by atoms with E-state index in [-0.39, 0.29) is 55.9 Å². The van der Waals surface area contributed by atoms with E-state index in [9.17, 15) is 14.4 Å². The molecule has 2 aromatic rings. The van der Waals surface area contributed by atoms with Gasteiger partial charge >= 0.3 is 5.69 Å². The van der Waals surface area contributed by atoms with Crippen LogP contribution in [0, 0.1) is 23.7 Å². The molecule has 1 aliphatic rings. The van der Waals surface area contributed by atoms with Crippen LogP contribution in [-0.4, -0.2) is 47.8 Å². The Morgan fingerprint density at radius 1 is 1.24 bits per heavy atom. The predicted octanol–water partition coefficient (Wildman–Crippen LogP) is 2.60. The summed E-state index contributed by atoms with van der Waals surface area (Å²) >= 11 is 0. The molecule has 0 aliphatic heterocycles. The van der Waals surface area contributed by atoms with Gasteiger partial charge in [0, 0.05) is 38.2 Å². The average molecular weight is 479 g/mol. The van der Waals surface area contributed by atoms with Crippen LogP contribution in [0.4, 0.5) is 0 Å². The number of ether oxygens (including phenoxy) is 1. The third kappa shape index (κ3) is 5.70. The van der Waals surface area contributed by atoms with Crippen molar-refractivity contribution in [3.63, 3.8) is 0 Å².